The number of carboxylic acid groups (broad SMARTS) is 1. The van der Waals surface area contributed by atoms with Crippen molar-refractivity contribution in [3.63, 3.8) is 0 Å². The fraction of sp³-hybridized carbons (Fsp3) is 0.353. The molecule has 0 spiro atoms. The first-order chi connectivity index (χ1) is 11.4. The zero-order valence-electron chi connectivity index (χ0n) is 13.2. The fourth-order valence-corrected chi connectivity index (χ4v) is 3.34. The Morgan fingerprint density at radius 2 is 2.08 bits per heavy atom. The predicted molar refractivity (Wildman–Crippen MR) is 83.4 cm³/mol. The molecule has 2 bridgehead atoms. The highest BCUT2D eigenvalue weighted by Gasteiger charge is 2.59. The molecule has 2 aliphatic rings. The molecule has 7 heteroatoms. The van der Waals surface area contributed by atoms with Crippen LogP contribution in [-0.4, -0.2) is 41.8 Å². The average molecular weight is 331 g/mol. The lowest BCUT2D eigenvalue weighted by Gasteiger charge is -2.27. The van der Waals surface area contributed by atoms with Crippen LogP contribution in [0.2, 0.25) is 0 Å². The summed E-state index contributed by atoms with van der Waals surface area (Å²) in [5.74, 6) is -3.85. The smallest absolute Gasteiger partial charge is 0.337 e. The van der Waals surface area contributed by atoms with Gasteiger partial charge in [-0.15, -0.1) is 0 Å². The molecular weight excluding hydrogens is 314 g/mol. The lowest BCUT2D eigenvalue weighted by Crippen LogP contribution is -2.44. The predicted octanol–water partition coefficient (Wildman–Crippen LogP) is 1.46. The number of nitrogens with one attached hydrogen (secondary N) is 1. The van der Waals surface area contributed by atoms with E-state index in [1.165, 1.54) is 13.2 Å². The number of carboxylic acids is 1. The second-order valence-corrected chi connectivity index (χ2v) is 6.03. The third-order valence-corrected chi connectivity index (χ3v) is 4.46. The molecule has 2 heterocycles. The molecule has 7 nitrogen and oxygen atoms in total. The van der Waals surface area contributed by atoms with E-state index in [0.29, 0.717) is 11.3 Å². The quantitative estimate of drug-likeness (QED) is 0.640. The van der Waals surface area contributed by atoms with E-state index in [9.17, 15) is 19.5 Å². The Hall–Kier alpha value is -2.67. The number of aliphatic carboxylic acids is 1. The number of amides is 1. The summed E-state index contributed by atoms with van der Waals surface area (Å²) in [7, 11) is 1.27. The summed E-state index contributed by atoms with van der Waals surface area (Å²) >= 11 is 0. The molecule has 3 rings (SSSR count). The first kappa shape index (κ1) is 16.2. The maximum Gasteiger partial charge on any atom is 0.337 e. The largest absolute Gasteiger partial charge is 0.481 e. The molecule has 0 radical (unpaired) electrons. The van der Waals surface area contributed by atoms with Gasteiger partial charge in [0.05, 0.1) is 30.3 Å². The van der Waals surface area contributed by atoms with Crippen molar-refractivity contribution in [1.82, 2.24) is 0 Å². The number of hydrogen-bond donors (Lipinski definition) is 2. The molecule has 24 heavy (non-hydrogen) atoms. The van der Waals surface area contributed by atoms with Gasteiger partial charge < -0.3 is 19.9 Å². The molecule has 0 saturated carbocycles. The fourth-order valence-electron chi connectivity index (χ4n) is 3.34. The van der Waals surface area contributed by atoms with Crippen molar-refractivity contribution in [3.05, 3.63) is 42.0 Å². The molecule has 1 fully saturated rings. The van der Waals surface area contributed by atoms with Gasteiger partial charge in [0.25, 0.3) is 0 Å². The lowest BCUT2D eigenvalue weighted by atomic mass is 9.75. The number of esters is 1. The van der Waals surface area contributed by atoms with Crippen molar-refractivity contribution in [2.45, 2.75) is 18.6 Å². The standard InChI is InChI=1S/C17H17NO6/c1-17-7-6-11(24-17)12(15(20)21)13(17)14(19)18-10-5-3-4-9(8-10)16(22)23-2/h3-8,11-13H,1-2H3,(H,18,19)(H,20,21)/t11-,12-,13+,17-/m1/s1. The van der Waals surface area contributed by atoms with Crippen molar-refractivity contribution >= 4 is 23.5 Å². The third kappa shape index (κ3) is 2.56. The summed E-state index contributed by atoms with van der Waals surface area (Å²) in [6.07, 6.45) is 2.80. The number of benzene rings is 1. The summed E-state index contributed by atoms with van der Waals surface area (Å²) in [5, 5.41) is 12.1. The summed E-state index contributed by atoms with van der Waals surface area (Å²) in [4.78, 5) is 35.8. The maximum absolute atomic E-state index is 12.7. The van der Waals surface area contributed by atoms with Crippen molar-refractivity contribution in [3.8, 4) is 0 Å². The van der Waals surface area contributed by atoms with Gasteiger partial charge in [0.15, 0.2) is 0 Å². The van der Waals surface area contributed by atoms with E-state index in [4.69, 9.17) is 4.74 Å². The summed E-state index contributed by atoms with van der Waals surface area (Å²) in [5.41, 5.74) is -0.264. The lowest BCUT2D eigenvalue weighted by molar-refractivity contribution is -0.146. The Balaban J connectivity index is 1.83. The highest BCUT2D eigenvalue weighted by atomic mass is 16.5. The summed E-state index contributed by atoms with van der Waals surface area (Å²) in [6, 6.07) is 6.26. The highest BCUT2D eigenvalue weighted by Crippen LogP contribution is 2.47. The number of carbonyl (C=O) groups is 3. The number of carbonyl (C=O) groups excluding carboxylic acids is 2. The van der Waals surface area contributed by atoms with Crippen molar-refractivity contribution in [2.75, 3.05) is 12.4 Å². The van der Waals surface area contributed by atoms with Crippen molar-refractivity contribution < 1.29 is 29.0 Å². The van der Waals surface area contributed by atoms with Gasteiger partial charge >= 0.3 is 11.9 Å². The van der Waals surface area contributed by atoms with Crippen LogP contribution in [0, 0.1) is 11.8 Å². The zero-order chi connectivity index (χ0) is 17.5. The molecule has 0 aliphatic carbocycles. The Morgan fingerprint density at radius 3 is 2.75 bits per heavy atom. The molecule has 1 saturated heterocycles. The van der Waals surface area contributed by atoms with Crippen LogP contribution in [-0.2, 0) is 19.1 Å². The van der Waals surface area contributed by atoms with E-state index in [1.807, 2.05) is 0 Å². The van der Waals surface area contributed by atoms with E-state index in [2.05, 4.69) is 10.1 Å². The van der Waals surface area contributed by atoms with Gasteiger partial charge in [-0.1, -0.05) is 18.2 Å². The second-order valence-electron chi connectivity index (χ2n) is 6.03. The van der Waals surface area contributed by atoms with E-state index >= 15 is 0 Å². The van der Waals surface area contributed by atoms with E-state index in [0.717, 1.165) is 0 Å². The van der Waals surface area contributed by atoms with Gasteiger partial charge in [-0.3, -0.25) is 9.59 Å². The van der Waals surface area contributed by atoms with Gasteiger partial charge in [0.2, 0.25) is 5.91 Å². The van der Waals surface area contributed by atoms with Crippen LogP contribution in [0.15, 0.2) is 36.4 Å². The molecule has 0 unspecified atom stereocenters. The SMILES string of the molecule is COC(=O)c1cccc(NC(=O)[C@@H]2[C@H](C(=O)O)[C@H]3C=C[C@@]2(C)O3)c1. The van der Waals surface area contributed by atoms with Gasteiger partial charge in [0.1, 0.15) is 5.92 Å². The summed E-state index contributed by atoms with van der Waals surface area (Å²) in [6.45, 7) is 1.70. The zero-order valence-corrected chi connectivity index (χ0v) is 13.2. The molecule has 2 aliphatic heterocycles. The van der Waals surface area contributed by atoms with E-state index in [1.54, 1.807) is 37.3 Å². The third-order valence-electron chi connectivity index (χ3n) is 4.46. The molecule has 126 valence electrons. The van der Waals surface area contributed by atoms with Crippen LogP contribution in [0.25, 0.3) is 0 Å². The Kier molecular flexibility index (Phi) is 3.88. The Labute approximate surface area is 138 Å². The minimum Gasteiger partial charge on any atom is -0.481 e. The second kappa shape index (κ2) is 5.76. The van der Waals surface area contributed by atoms with Crippen LogP contribution in [0.4, 0.5) is 5.69 Å². The normalized spacial score (nSPS) is 30.2. The van der Waals surface area contributed by atoms with E-state index in [-0.39, 0.29) is 0 Å². The van der Waals surface area contributed by atoms with Gasteiger partial charge in [0, 0.05) is 5.69 Å². The Morgan fingerprint density at radius 1 is 1.33 bits per heavy atom. The van der Waals surface area contributed by atoms with Gasteiger partial charge in [-0.05, 0) is 25.1 Å². The minimum absolute atomic E-state index is 0.292. The minimum atomic E-state index is -1.07. The molecule has 1 amide bonds. The van der Waals surface area contributed by atoms with Crippen molar-refractivity contribution in [1.29, 1.82) is 0 Å². The number of rotatable bonds is 4. The van der Waals surface area contributed by atoms with Gasteiger partial charge in [-0.2, -0.15) is 0 Å². The topological polar surface area (TPSA) is 102 Å². The van der Waals surface area contributed by atoms with Crippen LogP contribution in [0.1, 0.15) is 17.3 Å². The molecule has 4 atom stereocenters. The maximum atomic E-state index is 12.7. The monoisotopic (exact) mass is 331 g/mol. The average Bonchev–Trinajstić information content (AvgIpc) is 3.07. The van der Waals surface area contributed by atoms with Crippen LogP contribution < -0.4 is 5.32 Å². The first-order valence-corrected chi connectivity index (χ1v) is 7.45. The number of anilines is 1. The number of fused-ring (bicyclic) bond motifs is 2. The van der Waals surface area contributed by atoms with Crippen LogP contribution >= 0.6 is 0 Å². The molecule has 0 aromatic heterocycles. The van der Waals surface area contributed by atoms with Crippen LogP contribution in [0.3, 0.4) is 0 Å². The van der Waals surface area contributed by atoms with Crippen molar-refractivity contribution in [2.24, 2.45) is 11.8 Å². The van der Waals surface area contributed by atoms with Crippen LogP contribution in [0.5, 0.6) is 0 Å². The van der Waals surface area contributed by atoms with Gasteiger partial charge in [-0.25, -0.2) is 4.79 Å². The highest BCUT2D eigenvalue weighted by molar-refractivity contribution is 5.98. The number of ether oxygens (including phenoxy) is 2. The summed E-state index contributed by atoms with van der Waals surface area (Å²) < 4.78 is 10.3. The molecule has 2 N–H and O–H groups in total. The van der Waals surface area contributed by atoms with E-state index < -0.39 is 41.4 Å². The first-order valence-electron chi connectivity index (χ1n) is 7.45. The molecular formula is C17H17NO6. The molecule has 1 aromatic carbocycles. The number of hydrogen-bond acceptors (Lipinski definition) is 5. The molecule has 1 aromatic rings. The Bertz CT molecular complexity index is 742. The number of methoxy groups -OCH3 is 1.